The molecule has 0 aromatic heterocycles. The second-order valence-corrected chi connectivity index (χ2v) is 10.1. The Bertz CT molecular complexity index is 428. The molecule has 9 heteroatoms. The van der Waals surface area contributed by atoms with Crippen molar-refractivity contribution in [2.75, 3.05) is 40.9 Å². The van der Waals surface area contributed by atoms with Gasteiger partial charge in [-0.05, 0) is 6.42 Å². The van der Waals surface area contributed by atoms with E-state index in [-0.39, 0.29) is 6.61 Å². The van der Waals surface area contributed by atoms with Gasteiger partial charge >= 0.3 is 0 Å². The fraction of sp³-hybridized carbons (Fsp3) is 1.00. The fourth-order valence-corrected chi connectivity index (χ4v) is 3.92. The number of unbranched alkanes of at least 4 members (excludes halogenated alkanes) is 9. The van der Waals surface area contributed by atoms with Gasteiger partial charge in [0.1, 0.15) is 19.3 Å². The number of rotatable bonds is 20. The molecule has 0 aromatic carbocycles. The Labute approximate surface area is 177 Å². The van der Waals surface area contributed by atoms with Gasteiger partial charge in [0.2, 0.25) is 0 Å². The first-order valence-electron chi connectivity index (χ1n) is 11.0. The minimum Gasteiger partial charge on any atom is -0.756 e. The van der Waals surface area contributed by atoms with E-state index in [2.05, 4.69) is 11.8 Å². The van der Waals surface area contributed by atoms with E-state index >= 15 is 0 Å². The Morgan fingerprint density at radius 2 is 1.45 bits per heavy atom. The number of hydrogen-bond donors (Lipinski definition) is 2. The molecule has 0 bridgehead atoms. The van der Waals surface area contributed by atoms with Crippen LogP contribution >= 0.6 is 7.82 Å². The van der Waals surface area contributed by atoms with Gasteiger partial charge in [0.05, 0.1) is 33.9 Å². The van der Waals surface area contributed by atoms with Crippen molar-refractivity contribution in [2.24, 2.45) is 0 Å². The van der Waals surface area contributed by atoms with Crippen LogP contribution in [0.25, 0.3) is 0 Å². The zero-order valence-electron chi connectivity index (χ0n) is 18.9. The van der Waals surface area contributed by atoms with Gasteiger partial charge in [-0.25, -0.2) is 4.89 Å². The maximum absolute atomic E-state index is 12.1. The van der Waals surface area contributed by atoms with Gasteiger partial charge in [-0.2, -0.15) is 0 Å². The summed E-state index contributed by atoms with van der Waals surface area (Å²) in [5.74, 6) is 0. The van der Waals surface area contributed by atoms with Crippen LogP contribution in [-0.4, -0.2) is 68.0 Å². The van der Waals surface area contributed by atoms with Crippen LogP contribution in [0.5, 0.6) is 0 Å². The molecule has 8 nitrogen and oxygen atoms in total. The van der Waals surface area contributed by atoms with Crippen molar-refractivity contribution in [2.45, 2.75) is 89.8 Å². The first kappa shape index (κ1) is 28.9. The topological polar surface area (TPSA) is 108 Å². The lowest BCUT2D eigenvalue weighted by molar-refractivity contribution is -0.870. The second-order valence-electron chi connectivity index (χ2n) is 8.74. The molecule has 0 saturated carbocycles. The molecule has 0 saturated heterocycles. The van der Waals surface area contributed by atoms with Crippen LogP contribution in [0.3, 0.4) is 0 Å². The predicted molar refractivity (Wildman–Crippen MR) is 112 cm³/mol. The number of likely N-dealkylation sites (N-methyl/N-ethyl adjacent to an activating group) is 1. The molecular formula is C20H44NO7P. The summed E-state index contributed by atoms with van der Waals surface area (Å²) in [5, 5.41) is 18.3. The summed E-state index contributed by atoms with van der Waals surface area (Å²) in [7, 11) is 1.22. The molecule has 0 aliphatic carbocycles. The third kappa shape index (κ3) is 17.3. The number of nitrogens with zero attached hydrogens (tertiary/aromatic N) is 1. The molecule has 0 aliphatic rings. The second kappa shape index (κ2) is 16.6. The van der Waals surface area contributed by atoms with E-state index in [1.807, 2.05) is 21.1 Å². The summed E-state index contributed by atoms with van der Waals surface area (Å²) in [5.41, 5.74) is 0. The summed E-state index contributed by atoms with van der Waals surface area (Å²) < 4.78 is 22.7. The lowest BCUT2D eigenvalue weighted by Gasteiger charge is -2.32. The first-order chi connectivity index (χ1) is 13.6. The Balaban J connectivity index is 4.24. The molecular weight excluding hydrogens is 397 g/mol. The van der Waals surface area contributed by atoms with E-state index in [9.17, 15) is 14.6 Å². The van der Waals surface area contributed by atoms with E-state index < -0.39 is 26.6 Å². The van der Waals surface area contributed by atoms with E-state index in [4.69, 9.17) is 14.3 Å². The van der Waals surface area contributed by atoms with Gasteiger partial charge in [-0.3, -0.25) is 9.82 Å². The van der Waals surface area contributed by atoms with Crippen molar-refractivity contribution in [3.05, 3.63) is 0 Å². The summed E-state index contributed by atoms with van der Waals surface area (Å²) >= 11 is 0. The Morgan fingerprint density at radius 1 is 0.931 bits per heavy atom. The van der Waals surface area contributed by atoms with Crippen molar-refractivity contribution >= 4 is 7.82 Å². The quantitative estimate of drug-likeness (QED) is 0.0974. The summed E-state index contributed by atoms with van der Waals surface area (Å²) in [6.07, 6.45) is 9.79. The van der Waals surface area contributed by atoms with E-state index in [1.165, 1.54) is 38.5 Å². The summed E-state index contributed by atoms with van der Waals surface area (Å²) in [4.78, 5) is 16.3. The Hall–Kier alpha value is -0.0500. The van der Waals surface area contributed by atoms with Crippen LogP contribution in [0.1, 0.15) is 77.6 Å². The molecule has 2 unspecified atom stereocenters. The standard InChI is InChI=1S/C20H44NO7P/c1-5-6-7-8-9-10-11-12-13-14-15-19(20(18-22)27-23)28-29(24,25)26-17-16-21(2,3)4/h19-20,22H,5-18H2,1-4H3,(H-,23,24,25)/t19?,20-/m0/s1. The average Bonchev–Trinajstić information content (AvgIpc) is 2.62. The number of quaternary nitrogens is 1. The van der Waals surface area contributed by atoms with Gasteiger partial charge in [0.25, 0.3) is 7.82 Å². The number of hydrogen-bond acceptors (Lipinski definition) is 7. The maximum atomic E-state index is 12.1. The zero-order valence-corrected chi connectivity index (χ0v) is 19.8. The highest BCUT2D eigenvalue weighted by atomic mass is 31.2. The largest absolute Gasteiger partial charge is 0.756 e. The van der Waals surface area contributed by atoms with E-state index in [0.717, 1.165) is 25.7 Å². The highest BCUT2D eigenvalue weighted by molar-refractivity contribution is 7.45. The van der Waals surface area contributed by atoms with Crippen molar-refractivity contribution < 1.29 is 38.2 Å². The molecule has 0 rings (SSSR count). The van der Waals surface area contributed by atoms with Crippen LogP contribution in [0.15, 0.2) is 0 Å². The Kier molecular flexibility index (Phi) is 16.6. The lowest BCUT2D eigenvalue weighted by atomic mass is 10.0. The third-order valence-electron chi connectivity index (χ3n) is 4.85. The van der Waals surface area contributed by atoms with Gasteiger partial charge in [0, 0.05) is 0 Å². The molecule has 0 aliphatic heterocycles. The van der Waals surface area contributed by atoms with Gasteiger partial charge < -0.3 is 23.5 Å². The highest BCUT2D eigenvalue weighted by Crippen LogP contribution is 2.41. The normalized spacial score (nSPS) is 16.5. The minimum absolute atomic E-state index is 0.000965. The van der Waals surface area contributed by atoms with Crippen LogP contribution in [-0.2, 0) is 18.5 Å². The fourth-order valence-electron chi connectivity index (χ4n) is 2.98. The van der Waals surface area contributed by atoms with Crippen LogP contribution < -0.4 is 4.89 Å². The SMILES string of the molecule is CCCCCCCCCCCCC(OP(=O)([O-])OCC[N+](C)(C)C)[C@H](CO)OO. The molecule has 0 heterocycles. The van der Waals surface area contributed by atoms with Gasteiger partial charge in [-0.1, -0.05) is 71.1 Å². The molecule has 0 aromatic rings. The number of phosphoric acid groups is 1. The number of aliphatic hydroxyl groups excluding tert-OH is 1. The van der Waals surface area contributed by atoms with Crippen LogP contribution in [0.4, 0.5) is 0 Å². The molecule has 3 atom stereocenters. The van der Waals surface area contributed by atoms with E-state index in [0.29, 0.717) is 17.4 Å². The first-order valence-corrected chi connectivity index (χ1v) is 12.5. The molecule has 0 radical (unpaired) electrons. The molecule has 176 valence electrons. The monoisotopic (exact) mass is 441 g/mol. The zero-order chi connectivity index (χ0) is 22.2. The summed E-state index contributed by atoms with van der Waals surface area (Å²) in [6, 6.07) is 0. The Morgan fingerprint density at radius 3 is 1.90 bits per heavy atom. The number of phosphoric ester groups is 1. The van der Waals surface area contributed by atoms with E-state index in [1.54, 1.807) is 0 Å². The maximum Gasteiger partial charge on any atom is 0.268 e. The highest BCUT2D eigenvalue weighted by Gasteiger charge is 2.27. The molecule has 2 N–H and O–H groups in total. The van der Waals surface area contributed by atoms with Crippen LogP contribution in [0.2, 0.25) is 0 Å². The molecule has 29 heavy (non-hydrogen) atoms. The van der Waals surface area contributed by atoms with Crippen molar-refractivity contribution in [1.29, 1.82) is 0 Å². The van der Waals surface area contributed by atoms with Gasteiger partial charge in [-0.15, -0.1) is 0 Å². The molecule has 0 fully saturated rings. The van der Waals surface area contributed by atoms with Gasteiger partial charge in [0.15, 0.2) is 0 Å². The predicted octanol–water partition coefficient (Wildman–Crippen LogP) is 3.72. The minimum atomic E-state index is -4.56. The average molecular weight is 442 g/mol. The smallest absolute Gasteiger partial charge is 0.268 e. The van der Waals surface area contributed by atoms with Crippen molar-refractivity contribution in [1.82, 2.24) is 0 Å². The number of aliphatic hydroxyl groups is 1. The summed E-state index contributed by atoms with van der Waals surface area (Å²) in [6.45, 7) is 2.17. The molecule has 0 spiro atoms. The lowest BCUT2D eigenvalue weighted by Crippen LogP contribution is -2.38. The third-order valence-corrected chi connectivity index (χ3v) is 5.88. The van der Waals surface area contributed by atoms with Crippen molar-refractivity contribution in [3.63, 3.8) is 0 Å². The molecule has 0 amide bonds. The van der Waals surface area contributed by atoms with Crippen LogP contribution in [0, 0.1) is 0 Å². The van der Waals surface area contributed by atoms with Crippen molar-refractivity contribution in [3.8, 4) is 0 Å².